The highest BCUT2D eigenvalue weighted by atomic mass is 16.5. The molecule has 4 nitrogen and oxygen atoms in total. The van der Waals surface area contributed by atoms with Gasteiger partial charge in [0.2, 0.25) is 0 Å². The lowest BCUT2D eigenvalue weighted by molar-refractivity contribution is 0.0471. The predicted octanol–water partition coefficient (Wildman–Crippen LogP) is 4.97. The molecular weight excluding hydrogens is 324 g/mol. The first-order chi connectivity index (χ1) is 12.3. The molecule has 0 saturated heterocycles. The van der Waals surface area contributed by atoms with Crippen LogP contribution in [0.1, 0.15) is 46.5 Å². The van der Waals surface area contributed by atoms with Crippen molar-refractivity contribution in [2.45, 2.75) is 47.3 Å². The largest absolute Gasteiger partial charge is 0.457 e. The maximum absolute atomic E-state index is 12.5. The van der Waals surface area contributed by atoms with E-state index in [0.717, 1.165) is 27.9 Å². The number of hydrogen-bond donors (Lipinski definition) is 0. The van der Waals surface area contributed by atoms with E-state index in [1.54, 1.807) is 0 Å². The van der Waals surface area contributed by atoms with Crippen molar-refractivity contribution >= 4 is 18.0 Å². The van der Waals surface area contributed by atoms with Gasteiger partial charge in [-0.1, -0.05) is 24.3 Å². The maximum atomic E-state index is 12.5. The van der Waals surface area contributed by atoms with Gasteiger partial charge in [0.15, 0.2) is 0 Å². The minimum Gasteiger partial charge on any atom is -0.457 e. The molecule has 0 amide bonds. The molecule has 2 rings (SSSR count). The summed E-state index contributed by atoms with van der Waals surface area (Å²) in [4.78, 5) is 19.1. The minimum atomic E-state index is -0.302. The maximum Gasteiger partial charge on any atom is 0.338 e. The van der Waals surface area contributed by atoms with Gasteiger partial charge in [0.25, 0.3) is 0 Å². The summed E-state index contributed by atoms with van der Waals surface area (Å²) in [7, 11) is 1.99. The molecule has 0 saturated carbocycles. The Balaban J connectivity index is 2.13. The fourth-order valence-corrected chi connectivity index (χ4v) is 2.44. The average Bonchev–Trinajstić information content (AvgIpc) is 2.60. The van der Waals surface area contributed by atoms with Gasteiger partial charge in [0.05, 0.1) is 17.6 Å². The van der Waals surface area contributed by atoms with Crippen LogP contribution in [0.3, 0.4) is 0 Å². The molecule has 26 heavy (non-hydrogen) atoms. The third-order valence-electron chi connectivity index (χ3n) is 4.58. The van der Waals surface area contributed by atoms with Crippen molar-refractivity contribution in [3.05, 3.63) is 64.2 Å². The van der Waals surface area contributed by atoms with Gasteiger partial charge in [-0.3, -0.25) is 0 Å². The first-order valence-corrected chi connectivity index (χ1v) is 8.88. The van der Waals surface area contributed by atoms with Crippen molar-refractivity contribution < 1.29 is 9.53 Å². The summed E-state index contributed by atoms with van der Waals surface area (Å²) in [6.07, 6.45) is 1.82. The molecule has 0 fully saturated rings. The molecule has 0 heterocycles. The van der Waals surface area contributed by atoms with Crippen LogP contribution in [0.2, 0.25) is 0 Å². The van der Waals surface area contributed by atoms with Gasteiger partial charge < -0.3 is 9.64 Å². The van der Waals surface area contributed by atoms with E-state index in [1.807, 2.05) is 75.5 Å². The number of nitrogens with zero attached hydrogens (tertiary/aromatic N) is 2. The number of esters is 1. The van der Waals surface area contributed by atoms with Crippen LogP contribution >= 0.6 is 0 Å². The topological polar surface area (TPSA) is 41.9 Å². The van der Waals surface area contributed by atoms with E-state index in [9.17, 15) is 4.79 Å². The summed E-state index contributed by atoms with van der Waals surface area (Å²) in [5.74, 6) is -0.302. The molecule has 0 aliphatic rings. The number of carbonyl (C=O) groups is 1. The second kappa shape index (κ2) is 8.65. The third kappa shape index (κ3) is 4.94. The number of hydrogen-bond acceptors (Lipinski definition) is 3. The number of ether oxygens (including phenoxy) is 1. The molecule has 0 radical (unpaired) electrons. The van der Waals surface area contributed by atoms with Crippen LogP contribution in [0.25, 0.3) is 0 Å². The molecule has 2 aromatic carbocycles. The van der Waals surface area contributed by atoms with E-state index in [-0.39, 0.29) is 12.6 Å². The molecule has 0 atom stereocenters. The monoisotopic (exact) mass is 352 g/mol. The smallest absolute Gasteiger partial charge is 0.338 e. The second-order valence-corrected chi connectivity index (χ2v) is 6.96. The zero-order valence-electron chi connectivity index (χ0n) is 16.5. The normalized spacial score (nSPS) is 11.2. The zero-order valence-corrected chi connectivity index (χ0v) is 16.5. The Hall–Kier alpha value is -2.62. The Bertz CT molecular complexity index is 810. The summed E-state index contributed by atoms with van der Waals surface area (Å²) in [6, 6.07) is 12.1. The van der Waals surface area contributed by atoms with E-state index >= 15 is 0 Å². The van der Waals surface area contributed by atoms with Crippen LogP contribution in [0.15, 0.2) is 41.4 Å². The van der Waals surface area contributed by atoms with Crippen LogP contribution in [0, 0.1) is 20.8 Å². The molecule has 2 aromatic rings. The standard InChI is InChI=1S/C22H28N2O2/c1-15(2)24(6)14-23-21-12-17(4)20(11-18(21)5)22(25)26-13-19-10-8-7-9-16(19)3/h7-12,14-15H,13H2,1-6H3/b23-14+. The van der Waals surface area contributed by atoms with Crippen molar-refractivity contribution in [1.82, 2.24) is 4.90 Å². The summed E-state index contributed by atoms with van der Waals surface area (Å²) >= 11 is 0. The van der Waals surface area contributed by atoms with Crippen LogP contribution in [-0.4, -0.2) is 30.3 Å². The third-order valence-corrected chi connectivity index (χ3v) is 4.58. The Morgan fingerprint density at radius 3 is 2.46 bits per heavy atom. The molecule has 0 aliphatic heterocycles. The molecule has 0 unspecified atom stereocenters. The van der Waals surface area contributed by atoms with Crippen molar-refractivity contribution in [2.24, 2.45) is 4.99 Å². The Morgan fingerprint density at radius 2 is 1.81 bits per heavy atom. The van der Waals surface area contributed by atoms with Crippen molar-refractivity contribution in [1.29, 1.82) is 0 Å². The van der Waals surface area contributed by atoms with Gasteiger partial charge in [0, 0.05) is 13.1 Å². The van der Waals surface area contributed by atoms with Gasteiger partial charge in [-0.2, -0.15) is 0 Å². The highest BCUT2D eigenvalue weighted by Crippen LogP contribution is 2.24. The van der Waals surface area contributed by atoms with E-state index in [4.69, 9.17) is 4.74 Å². The van der Waals surface area contributed by atoms with E-state index in [0.29, 0.717) is 11.6 Å². The minimum absolute atomic E-state index is 0.281. The number of benzene rings is 2. The van der Waals surface area contributed by atoms with Crippen molar-refractivity contribution in [3.63, 3.8) is 0 Å². The molecule has 4 heteroatoms. The highest BCUT2D eigenvalue weighted by Gasteiger charge is 2.14. The Morgan fingerprint density at radius 1 is 1.12 bits per heavy atom. The van der Waals surface area contributed by atoms with E-state index in [2.05, 4.69) is 18.8 Å². The molecule has 0 aromatic heterocycles. The van der Waals surface area contributed by atoms with Gasteiger partial charge in [-0.05, 0) is 69.0 Å². The van der Waals surface area contributed by atoms with Crippen molar-refractivity contribution in [3.8, 4) is 0 Å². The lowest BCUT2D eigenvalue weighted by Crippen LogP contribution is -2.24. The molecular formula is C22H28N2O2. The predicted molar refractivity (Wildman–Crippen MR) is 107 cm³/mol. The first-order valence-electron chi connectivity index (χ1n) is 8.88. The zero-order chi connectivity index (χ0) is 19.3. The summed E-state index contributed by atoms with van der Waals surface area (Å²) in [6.45, 7) is 10.4. The fraction of sp³-hybridized carbons (Fsp3) is 0.364. The van der Waals surface area contributed by atoms with Gasteiger partial charge in [-0.15, -0.1) is 0 Å². The average molecular weight is 352 g/mol. The SMILES string of the molecule is Cc1ccccc1COC(=O)c1cc(C)c(/N=C/N(C)C(C)C)cc1C. The molecule has 0 N–H and O–H groups in total. The second-order valence-electron chi connectivity index (χ2n) is 6.96. The van der Waals surface area contributed by atoms with Crippen LogP contribution < -0.4 is 0 Å². The van der Waals surface area contributed by atoms with Crippen LogP contribution in [0.4, 0.5) is 5.69 Å². The fourth-order valence-electron chi connectivity index (χ4n) is 2.44. The quantitative estimate of drug-likeness (QED) is 0.419. The number of aryl methyl sites for hydroxylation is 3. The number of rotatable bonds is 6. The van der Waals surface area contributed by atoms with Gasteiger partial charge >= 0.3 is 5.97 Å². The van der Waals surface area contributed by atoms with Crippen molar-refractivity contribution in [2.75, 3.05) is 7.05 Å². The number of aliphatic imine (C=N–C) groups is 1. The first kappa shape index (κ1) is 19.7. The van der Waals surface area contributed by atoms with Gasteiger partial charge in [0.1, 0.15) is 6.61 Å². The summed E-state index contributed by atoms with van der Waals surface area (Å²) in [5.41, 5.74) is 5.41. The van der Waals surface area contributed by atoms with Crippen LogP contribution in [-0.2, 0) is 11.3 Å². The lowest BCUT2D eigenvalue weighted by atomic mass is 10.0. The molecule has 138 valence electrons. The van der Waals surface area contributed by atoms with E-state index < -0.39 is 0 Å². The summed E-state index contributed by atoms with van der Waals surface area (Å²) in [5, 5.41) is 0. The lowest BCUT2D eigenvalue weighted by Gasteiger charge is -2.17. The molecule has 0 aliphatic carbocycles. The molecule has 0 bridgehead atoms. The highest BCUT2D eigenvalue weighted by molar-refractivity contribution is 5.92. The van der Waals surface area contributed by atoms with Crippen LogP contribution in [0.5, 0.6) is 0 Å². The summed E-state index contributed by atoms with van der Waals surface area (Å²) < 4.78 is 5.51. The Kier molecular flexibility index (Phi) is 6.56. The van der Waals surface area contributed by atoms with Gasteiger partial charge in [-0.25, -0.2) is 9.79 Å². The molecule has 0 spiro atoms. The Labute approximate surface area is 156 Å². The van der Waals surface area contributed by atoms with E-state index in [1.165, 1.54) is 0 Å². The number of carbonyl (C=O) groups excluding carboxylic acids is 1.